The van der Waals surface area contributed by atoms with Crippen LogP contribution in [0.3, 0.4) is 0 Å². The Balaban J connectivity index is 1.35. The number of nitrogens with one attached hydrogen (secondary N) is 1. The average molecular weight is 613 g/mol. The molecule has 0 fully saturated rings. The topological polar surface area (TPSA) is 124 Å². The van der Waals surface area contributed by atoms with Gasteiger partial charge in [0.1, 0.15) is 11.9 Å². The monoisotopic (exact) mass is 612 g/mol. The number of hydrogen-bond donors (Lipinski definition) is 3. The summed E-state index contributed by atoms with van der Waals surface area (Å²) < 4.78 is 8.50. The largest absolute Gasteiger partial charge is 0.488 e. The standard InChI is InChI=1S/C35H40N4O6/c1-22-17-39(23(2)21-40)34(42)29-16-27(36-33(41)15-26-19-38(4)30-8-6-5-7-28(26)30)13-14-31(29)45-32(22)20-37(3)18-24-9-11-25(12-10-24)35(43)44/h5-14,16,19,22-23,32,40H,15,17-18,20-21H2,1-4H3,(H,36,41)(H,43,44)/t22-,23-,32+/m1/s1. The number of likely N-dealkylation sites (N-methyl/N-ethyl adjacent to an activating group) is 1. The van der Waals surface area contributed by atoms with E-state index >= 15 is 0 Å². The first-order chi connectivity index (χ1) is 21.5. The second-order valence-corrected chi connectivity index (χ2v) is 12.0. The van der Waals surface area contributed by atoms with Crippen LogP contribution in [-0.2, 0) is 24.8 Å². The fourth-order valence-electron chi connectivity index (χ4n) is 5.90. The second kappa shape index (κ2) is 13.5. The SMILES string of the molecule is C[C@@H]1CN([C@H](C)CO)C(=O)c2cc(NC(=O)Cc3cn(C)c4ccccc34)ccc2O[C@H]1CN(C)Cc1ccc(C(=O)O)cc1. The number of para-hydroxylation sites is 1. The molecule has 0 spiro atoms. The van der Waals surface area contributed by atoms with Crippen LogP contribution in [0.2, 0.25) is 0 Å². The summed E-state index contributed by atoms with van der Waals surface area (Å²) in [6.45, 7) is 5.15. The molecule has 3 N–H and O–H groups in total. The van der Waals surface area contributed by atoms with E-state index < -0.39 is 12.0 Å². The van der Waals surface area contributed by atoms with Crippen molar-refractivity contribution in [1.82, 2.24) is 14.4 Å². The molecule has 0 radical (unpaired) electrons. The molecular weight excluding hydrogens is 572 g/mol. The molecular formula is C35H40N4O6. The van der Waals surface area contributed by atoms with Crippen LogP contribution in [0.1, 0.15) is 45.7 Å². The molecule has 10 heteroatoms. The molecule has 0 bridgehead atoms. The predicted molar refractivity (Wildman–Crippen MR) is 173 cm³/mol. The Kier molecular flexibility index (Phi) is 9.55. The number of carboxylic acid groups (broad SMARTS) is 1. The van der Waals surface area contributed by atoms with Gasteiger partial charge < -0.3 is 29.7 Å². The lowest BCUT2D eigenvalue weighted by molar-refractivity contribution is -0.115. The van der Waals surface area contributed by atoms with Gasteiger partial charge >= 0.3 is 5.97 Å². The van der Waals surface area contributed by atoms with Gasteiger partial charge in [0, 0.05) is 55.4 Å². The fraction of sp³-hybridized carbons (Fsp3) is 0.343. The van der Waals surface area contributed by atoms with E-state index in [4.69, 9.17) is 4.74 Å². The molecule has 45 heavy (non-hydrogen) atoms. The Morgan fingerprint density at radius 3 is 2.56 bits per heavy atom. The number of aromatic nitrogens is 1. The first-order valence-electron chi connectivity index (χ1n) is 15.1. The molecule has 5 rings (SSSR count). The number of carboxylic acids is 1. The van der Waals surface area contributed by atoms with Crippen molar-refractivity contribution in [3.05, 3.63) is 95.2 Å². The molecule has 10 nitrogen and oxygen atoms in total. The summed E-state index contributed by atoms with van der Waals surface area (Å²) in [5, 5.41) is 23.2. The summed E-state index contributed by atoms with van der Waals surface area (Å²) in [6.07, 6.45) is 1.85. The van der Waals surface area contributed by atoms with Crippen molar-refractivity contribution in [3.63, 3.8) is 0 Å². The first-order valence-corrected chi connectivity index (χ1v) is 15.1. The summed E-state index contributed by atoms with van der Waals surface area (Å²) in [5.41, 5.74) is 3.98. The zero-order valence-electron chi connectivity index (χ0n) is 26.1. The number of aryl methyl sites for hydroxylation is 1. The van der Waals surface area contributed by atoms with E-state index in [1.807, 2.05) is 63.0 Å². The van der Waals surface area contributed by atoms with Gasteiger partial charge in [0.25, 0.3) is 5.91 Å². The third-order valence-corrected chi connectivity index (χ3v) is 8.42. The van der Waals surface area contributed by atoms with Gasteiger partial charge in [-0.1, -0.05) is 37.3 Å². The van der Waals surface area contributed by atoms with Gasteiger partial charge in [-0.2, -0.15) is 0 Å². The highest BCUT2D eigenvalue weighted by Gasteiger charge is 2.33. The molecule has 236 valence electrons. The van der Waals surface area contributed by atoms with Crippen molar-refractivity contribution >= 4 is 34.4 Å². The van der Waals surface area contributed by atoms with Crippen molar-refractivity contribution in [1.29, 1.82) is 0 Å². The summed E-state index contributed by atoms with van der Waals surface area (Å²) in [6, 6.07) is 19.4. The van der Waals surface area contributed by atoms with Gasteiger partial charge in [-0.05, 0) is 61.5 Å². The van der Waals surface area contributed by atoms with E-state index in [0.717, 1.165) is 22.0 Å². The first kappa shape index (κ1) is 31.7. The number of aliphatic hydroxyl groups excluding tert-OH is 1. The highest BCUT2D eigenvalue weighted by molar-refractivity contribution is 6.01. The summed E-state index contributed by atoms with van der Waals surface area (Å²) in [5.74, 6) is -1.08. The van der Waals surface area contributed by atoms with Crippen LogP contribution in [0.4, 0.5) is 5.69 Å². The maximum absolute atomic E-state index is 13.8. The van der Waals surface area contributed by atoms with E-state index in [-0.39, 0.29) is 42.4 Å². The minimum absolute atomic E-state index is 0.0620. The summed E-state index contributed by atoms with van der Waals surface area (Å²) in [4.78, 5) is 41.9. The number of amides is 2. The number of benzene rings is 3. The van der Waals surface area contributed by atoms with Crippen LogP contribution in [-0.4, -0.2) is 81.3 Å². The lowest BCUT2D eigenvalue weighted by Gasteiger charge is -2.38. The number of rotatable bonds is 10. The Morgan fingerprint density at radius 2 is 1.84 bits per heavy atom. The molecule has 3 aromatic carbocycles. The fourth-order valence-corrected chi connectivity index (χ4v) is 5.90. The molecule has 0 unspecified atom stereocenters. The molecule has 2 heterocycles. The van der Waals surface area contributed by atoms with E-state index in [0.29, 0.717) is 36.6 Å². The van der Waals surface area contributed by atoms with Crippen molar-refractivity contribution in [2.45, 2.75) is 39.0 Å². The third kappa shape index (κ3) is 7.19. The van der Waals surface area contributed by atoms with Gasteiger partial charge in [0.15, 0.2) is 0 Å². The number of carbonyl (C=O) groups excluding carboxylic acids is 2. The Hall–Kier alpha value is -4.67. The molecule has 1 aliphatic rings. The minimum Gasteiger partial charge on any atom is -0.488 e. The normalized spacial score (nSPS) is 17.4. The van der Waals surface area contributed by atoms with Crippen LogP contribution < -0.4 is 10.1 Å². The molecule has 4 aromatic rings. The number of nitrogens with zero attached hydrogens (tertiary/aromatic N) is 3. The molecule has 0 saturated heterocycles. The lowest BCUT2D eigenvalue weighted by atomic mass is 9.99. The van der Waals surface area contributed by atoms with Crippen molar-refractivity contribution in [2.24, 2.45) is 13.0 Å². The average Bonchev–Trinajstić information content (AvgIpc) is 3.33. The number of carbonyl (C=O) groups is 3. The Morgan fingerprint density at radius 1 is 1.11 bits per heavy atom. The number of anilines is 1. The van der Waals surface area contributed by atoms with E-state index in [9.17, 15) is 24.6 Å². The zero-order valence-corrected chi connectivity index (χ0v) is 26.1. The summed E-state index contributed by atoms with van der Waals surface area (Å²) >= 11 is 0. The predicted octanol–water partition coefficient (Wildman–Crippen LogP) is 4.41. The van der Waals surface area contributed by atoms with Gasteiger partial charge in [-0.3, -0.25) is 14.5 Å². The molecule has 0 saturated carbocycles. The van der Waals surface area contributed by atoms with Crippen LogP contribution >= 0.6 is 0 Å². The third-order valence-electron chi connectivity index (χ3n) is 8.42. The van der Waals surface area contributed by atoms with Crippen molar-refractivity contribution in [2.75, 3.05) is 32.1 Å². The van der Waals surface area contributed by atoms with E-state index in [2.05, 4.69) is 10.2 Å². The van der Waals surface area contributed by atoms with E-state index in [1.165, 1.54) is 0 Å². The van der Waals surface area contributed by atoms with Crippen LogP contribution in [0, 0.1) is 5.92 Å². The highest BCUT2D eigenvalue weighted by Crippen LogP contribution is 2.31. The van der Waals surface area contributed by atoms with Gasteiger partial charge in [-0.15, -0.1) is 0 Å². The van der Waals surface area contributed by atoms with Crippen LogP contribution in [0.25, 0.3) is 10.9 Å². The van der Waals surface area contributed by atoms with Crippen molar-refractivity contribution < 1.29 is 29.3 Å². The minimum atomic E-state index is -0.964. The van der Waals surface area contributed by atoms with Gasteiger partial charge in [0.05, 0.1) is 30.2 Å². The number of fused-ring (bicyclic) bond motifs is 2. The Bertz CT molecular complexity index is 1700. The highest BCUT2D eigenvalue weighted by atomic mass is 16.5. The van der Waals surface area contributed by atoms with Crippen LogP contribution in [0.5, 0.6) is 5.75 Å². The maximum atomic E-state index is 13.8. The number of aromatic carboxylic acids is 1. The second-order valence-electron chi connectivity index (χ2n) is 12.0. The molecule has 0 aliphatic carbocycles. The quantitative estimate of drug-likeness (QED) is 0.242. The maximum Gasteiger partial charge on any atom is 0.335 e. The smallest absolute Gasteiger partial charge is 0.335 e. The molecule has 1 aromatic heterocycles. The van der Waals surface area contributed by atoms with Gasteiger partial charge in [0.2, 0.25) is 5.91 Å². The van der Waals surface area contributed by atoms with Crippen LogP contribution in [0.15, 0.2) is 72.9 Å². The lowest BCUT2D eigenvalue weighted by Crippen LogP contribution is -2.49. The molecule has 1 aliphatic heterocycles. The molecule has 2 amide bonds. The van der Waals surface area contributed by atoms with Gasteiger partial charge in [-0.25, -0.2) is 4.79 Å². The van der Waals surface area contributed by atoms with Crippen molar-refractivity contribution in [3.8, 4) is 5.75 Å². The number of aliphatic hydroxyl groups is 1. The number of ether oxygens (including phenoxy) is 1. The number of hydrogen-bond acceptors (Lipinski definition) is 6. The zero-order chi connectivity index (χ0) is 32.2. The van der Waals surface area contributed by atoms with E-state index in [1.54, 1.807) is 47.4 Å². The summed E-state index contributed by atoms with van der Waals surface area (Å²) in [7, 11) is 3.92. The molecule has 3 atom stereocenters. The Labute approximate surface area is 262 Å².